The zero-order valence-electron chi connectivity index (χ0n) is 48.3. The quantitative estimate of drug-likeness (QED) is 0.0195. The lowest BCUT2D eigenvalue weighted by Crippen LogP contribution is -2.60. The Bertz CT molecular complexity index is 1240. The molecule has 11 nitrogen and oxygen atoms in total. The van der Waals surface area contributed by atoms with E-state index >= 15 is 0 Å². The lowest BCUT2D eigenvalue weighted by Gasteiger charge is -2.40. The van der Waals surface area contributed by atoms with Crippen LogP contribution in [0.4, 0.5) is 0 Å². The van der Waals surface area contributed by atoms with Crippen LogP contribution >= 0.6 is 0 Å². The van der Waals surface area contributed by atoms with Crippen LogP contribution in [0.1, 0.15) is 316 Å². The summed E-state index contributed by atoms with van der Waals surface area (Å²) in [6.45, 7) is 4.34. The van der Waals surface area contributed by atoms with E-state index in [2.05, 4.69) is 19.2 Å². The van der Waals surface area contributed by atoms with Crippen LogP contribution in [0.2, 0.25) is 0 Å². The normalized spacial score (nSPS) is 18.8. The van der Waals surface area contributed by atoms with Crippen molar-refractivity contribution < 1.29 is 49.3 Å². The van der Waals surface area contributed by atoms with Crippen molar-refractivity contribution in [2.75, 3.05) is 19.8 Å². The van der Waals surface area contributed by atoms with Crippen molar-refractivity contribution in [1.82, 2.24) is 5.32 Å². The number of hydrogen-bond donors (Lipinski definition) is 6. The van der Waals surface area contributed by atoms with Crippen molar-refractivity contribution in [2.24, 2.45) is 0 Å². The number of unbranched alkanes of at least 4 members (excludes halogenated alkanes) is 42. The Hall–Kier alpha value is -1.60. The first-order valence-electron chi connectivity index (χ1n) is 32.0. The molecule has 438 valence electrons. The van der Waals surface area contributed by atoms with E-state index in [4.69, 9.17) is 14.2 Å². The Morgan fingerprint density at radius 3 is 1.26 bits per heavy atom. The molecule has 1 saturated heterocycles. The van der Waals surface area contributed by atoms with Gasteiger partial charge in [-0.1, -0.05) is 283 Å². The molecule has 6 N–H and O–H groups in total. The lowest BCUT2D eigenvalue weighted by atomic mass is 9.99. The summed E-state index contributed by atoms with van der Waals surface area (Å²) in [4.78, 5) is 25.1. The number of carbonyl (C=O) groups is 2. The van der Waals surface area contributed by atoms with Crippen LogP contribution < -0.4 is 5.32 Å². The van der Waals surface area contributed by atoms with Crippen LogP contribution in [0.3, 0.4) is 0 Å². The second-order valence-corrected chi connectivity index (χ2v) is 22.5. The molecule has 0 aromatic carbocycles. The van der Waals surface area contributed by atoms with Crippen LogP contribution in [0.25, 0.3) is 0 Å². The van der Waals surface area contributed by atoms with E-state index in [1.807, 2.05) is 6.08 Å². The SMILES string of the molecule is CCCCCCCCC/C=C/C(O)C(COC1OC(CO)C(O)C(O)C1O)NC(=O)CCCCCCCCCCCCCCCCCCCCCCCCOC(=O)CCCCCCCCCCCCCCCCC. The highest BCUT2D eigenvalue weighted by Gasteiger charge is 2.44. The highest BCUT2D eigenvalue weighted by Crippen LogP contribution is 2.23. The van der Waals surface area contributed by atoms with Crippen LogP contribution in [-0.4, -0.2) is 100 Å². The Morgan fingerprint density at radius 1 is 0.486 bits per heavy atom. The zero-order chi connectivity index (χ0) is 53.8. The molecule has 1 aliphatic rings. The highest BCUT2D eigenvalue weighted by molar-refractivity contribution is 5.76. The van der Waals surface area contributed by atoms with Gasteiger partial charge in [0.2, 0.25) is 5.91 Å². The minimum Gasteiger partial charge on any atom is -0.466 e. The van der Waals surface area contributed by atoms with E-state index in [9.17, 15) is 35.1 Å². The van der Waals surface area contributed by atoms with Crippen LogP contribution in [-0.2, 0) is 23.8 Å². The average molecular weight is 1050 g/mol. The molecule has 0 radical (unpaired) electrons. The van der Waals surface area contributed by atoms with Crippen molar-refractivity contribution in [2.45, 2.75) is 358 Å². The van der Waals surface area contributed by atoms with Gasteiger partial charge in [0.05, 0.1) is 32.0 Å². The number of carbonyl (C=O) groups excluding carboxylic acids is 2. The van der Waals surface area contributed by atoms with Crippen molar-refractivity contribution in [3.8, 4) is 0 Å². The summed E-state index contributed by atoms with van der Waals surface area (Å²) in [6.07, 6.45) is 53.3. The molecule has 0 aromatic heterocycles. The maximum atomic E-state index is 13.0. The van der Waals surface area contributed by atoms with E-state index in [0.29, 0.717) is 19.4 Å². The molecule has 7 atom stereocenters. The Balaban J connectivity index is 1.96. The number of ether oxygens (including phenoxy) is 3. The summed E-state index contributed by atoms with van der Waals surface area (Å²) in [6, 6.07) is -0.807. The molecule has 1 rings (SSSR count). The fourth-order valence-corrected chi connectivity index (χ4v) is 10.3. The summed E-state index contributed by atoms with van der Waals surface area (Å²) >= 11 is 0. The fraction of sp³-hybridized carbons (Fsp3) is 0.937. The average Bonchev–Trinajstić information content (AvgIpc) is 3.40. The van der Waals surface area contributed by atoms with Gasteiger partial charge in [0.25, 0.3) is 0 Å². The molecule has 0 saturated carbocycles. The van der Waals surface area contributed by atoms with Gasteiger partial charge >= 0.3 is 5.97 Å². The van der Waals surface area contributed by atoms with Crippen LogP contribution in [0.5, 0.6) is 0 Å². The maximum absolute atomic E-state index is 13.0. The fourth-order valence-electron chi connectivity index (χ4n) is 10.3. The van der Waals surface area contributed by atoms with Gasteiger partial charge in [-0.15, -0.1) is 0 Å². The van der Waals surface area contributed by atoms with Gasteiger partial charge in [0.15, 0.2) is 6.29 Å². The summed E-state index contributed by atoms with van der Waals surface area (Å²) < 4.78 is 16.7. The van der Waals surface area contributed by atoms with Gasteiger partial charge in [0, 0.05) is 12.8 Å². The number of aliphatic hydroxyl groups is 5. The second-order valence-electron chi connectivity index (χ2n) is 22.5. The maximum Gasteiger partial charge on any atom is 0.305 e. The minimum absolute atomic E-state index is 0.00424. The van der Waals surface area contributed by atoms with Gasteiger partial charge in [-0.2, -0.15) is 0 Å². The third-order valence-electron chi connectivity index (χ3n) is 15.4. The Labute approximate surface area is 455 Å². The number of amides is 1. The molecule has 1 heterocycles. The van der Waals surface area contributed by atoms with Crippen molar-refractivity contribution >= 4 is 11.9 Å². The molecule has 0 aromatic rings. The van der Waals surface area contributed by atoms with E-state index in [1.54, 1.807) is 6.08 Å². The van der Waals surface area contributed by atoms with Crippen molar-refractivity contribution in [3.63, 3.8) is 0 Å². The van der Waals surface area contributed by atoms with Crippen molar-refractivity contribution in [1.29, 1.82) is 0 Å². The number of esters is 1. The van der Waals surface area contributed by atoms with Crippen molar-refractivity contribution in [3.05, 3.63) is 12.2 Å². The Morgan fingerprint density at radius 2 is 0.851 bits per heavy atom. The topological polar surface area (TPSA) is 175 Å². The van der Waals surface area contributed by atoms with E-state index in [1.165, 1.54) is 231 Å². The van der Waals surface area contributed by atoms with Crippen LogP contribution in [0.15, 0.2) is 12.2 Å². The minimum atomic E-state index is -1.57. The number of rotatable bonds is 56. The number of allylic oxidation sites excluding steroid dienone is 1. The molecule has 1 aliphatic heterocycles. The smallest absolute Gasteiger partial charge is 0.305 e. The molecule has 0 spiro atoms. The highest BCUT2D eigenvalue weighted by atomic mass is 16.7. The molecule has 1 fully saturated rings. The molecule has 0 bridgehead atoms. The summed E-state index contributed by atoms with van der Waals surface area (Å²) in [7, 11) is 0. The van der Waals surface area contributed by atoms with E-state index in [0.717, 1.165) is 57.8 Å². The van der Waals surface area contributed by atoms with Gasteiger partial charge in [-0.05, 0) is 32.1 Å². The van der Waals surface area contributed by atoms with Crippen LogP contribution in [0, 0.1) is 0 Å². The standard InChI is InChI=1S/C63H121NO10/c1-3-5-7-9-11-13-14-15-24-28-31-35-39-43-47-51-59(68)72-52-48-44-40-36-32-29-26-23-21-19-17-16-18-20-22-25-27-30-34-38-42-46-50-58(67)64-55(56(66)49-45-41-37-33-12-10-8-6-4-2)54-73-63-62(71)61(70)60(69)57(53-65)74-63/h45,49,55-57,60-63,65-66,69-71H,3-44,46-48,50-54H2,1-2H3,(H,64,67)/b49-45+. The monoisotopic (exact) mass is 1050 g/mol. The third-order valence-corrected chi connectivity index (χ3v) is 15.4. The summed E-state index contributed by atoms with van der Waals surface area (Å²) in [5.74, 6) is -0.178. The molecular weight excluding hydrogens is 931 g/mol. The second kappa shape index (κ2) is 53.4. The molecular formula is C63H121NO10. The first-order valence-corrected chi connectivity index (χ1v) is 32.0. The van der Waals surface area contributed by atoms with Gasteiger partial charge < -0.3 is 45.1 Å². The van der Waals surface area contributed by atoms with Gasteiger partial charge in [0.1, 0.15) is 24.4 Å². The number of nitrogens with one attached hydrogen (secondary N) is 1. The number of hydrogen-bond acceptors (Lipinski definition) is 10. The molecule has 11 heteroatoms. The number of aliphatic hydroxyl groups excluding tert-OH is 5. The molecule has 7 unspecified atom stereocenters. The summed E-state index contributed by atoms with van der Waals surface area (Å²) in [5, 5.41) is 54.2. The summed E-state index contributed by atoms with van der Waals surface area (Å²) in [5.41, 5.74) is 0. The predicted octanol–water partition coefficient (Wildman–Crippen LogP) is 15.1. The Kier molecular flexibility index (Phi) is 50.8. The molecule has 0 aliphatic carbocycles. The zero-order valence-corrected chi connectivity index (χ0v) is 48.3. The first-order chi connectivity index (χ1) is 36.2. The lowest BCUT2D eigenvalue weighted by molar-refractivity contribution is -0.302. The van der Waals surface area contributed by atoms with Gasteiger partial charge in [-0.3, -0.25) is 9.59 Å². The van der Waals surface area contributed by atoms with E-state index < -0.39 is 49.5 Å². The van der Waals surface area contributed by atoms with Gasteiger partial charge in [-0.25, -0.2) is 0 Å². The van der Waals surface area contributed by atoms with E-state index in [-0.39, 0.29) is 18.5 Å². The molecule has 74 heavy (non-hydrogen) atoms. The third kappa shape index (κ3) is 42.4. The largest absolute Gasteiger partial charge is 0.466 e. The predicted molar refractivity (Wildman–Crippen MR) is 306 cm³/mol. The molecule has 1 amide bonds. The first kappa shape index (κ1) is 70.4.